The number of pyridine rings is 2. The number of anilines is 2. The molecule has 2 aliphatic rings. The van der Waals surface area contributed by atoms with Gasteiger partial charge in [-0.05, 0) is 79.4 Å². The van der Waals surface area contributed by atoms with Gasteiger partial charge in [-0.1, -0.05) is 12.1 Å². The fourth-order valence-electron chi connectivity index (χ4n) is 5.01. The maximum atomic E-state index is 13.6. The summed E-state index contributed by atoms with van der Waals surface area (Å²) < 4.78 is 13.6. The van der Waals surface area contributed by atoms with Crippen molar-refractivity contribution in [3.63, 3.8) is 0 Å². The molecule has 7 nitrogen and oxygen atoms in total. The highest BCUT2D eigenvalue weighted by atomic mass is 19.1. The number of benzene rings is 1. The van der Waals surface area contributed by atoms with Crippen molar-refractivity contribution in [1.82, 2.24) is 20.2 Å². The van der Waals surface area contributed by atoms with E-state index in [4.69, 9.17) is 4.98 Å². The first-order chi connectivity index (χ1) is 17.4. The Kier molecular flexibility index (Phi) is 6.50. The van der Waals surface area contributed by atoms with E-state index in [0.717, 1.165) is 54.6 Å². The molecule has 2 N–H and O–H groups in total. The molecular formula is C28H28FN5O2. The van der Waals surface area contributed by atoms with E-state index in [1.807, 2.05) is 29.2 Å². The van der Waals surface area contributed by atoms with Crippen molar-refractivity contribution in [2.24, 2.45) is 0 Å². The van der Waals surface area contributed by atoms with E-state index in [1.54, 1.807) is 26.1 Å². The molecule has 0 radical (unpaired) electrons. The molecule has 0 saturated carbocycles. The van der Waals surface area contributed by atoms with Crippen LogP contribution < -0.4 is 10.6 Å². The third-order valence-electron chi connectivity index (χ3n) is 6.99. The molecule has 8 heteroatoms. The van der Waals surface area contributed by atoms with Crippen LogP contribution in [0.25, 0.3) is 17.3 Å². The molecule has 2 aliphatic heterocycles. The molecule has 0 aliphatic carbocycles. The molecule has 0 spiro atoms. The van der Waals surface area contributed by atoms with E-state index in [0.29, 0.717) is 23.1 Å². The largest absolute Gasteiger partial charge is 0.378 e. The van der Waals surface area contributed by atoms with Gasteiger partial charge < -0.3 is 20.3 Å². The van der Waals surface area contributed by atoms with Gasteiger partial charge in [0, 0.05) is 42.5 Å². The Morgan fingerprint density at radius 2 is 1.89 bits per heavy atom. The van der Waals surface area contributed by atoms with Gasteiger partial charge in [0.1, 0.15) is 18.1 Å². The third kappa shape index (κ3) is 4.71. The number of amides is 1. The number of aromatic nitrogens is 2. The summed E-state index contributed by atoms with van der Waals surface area (Å²) in [5, 5.41) is 6.47. The molecule has 1 amide bonds. The first kappa shape index (κ1) is 23.7. The molecule has 36 heavy (non-hydrogen) atoms. The topological polar surface area (TPSA) is 87.2 Å². The Hall–Kier alpha value is -4.07. The SMILES string of the molecule is CC(=O)N1CCC(c2ccc(Nc3nc(-c4ccc(F)nc4C)cc4c3C(C=O)NC=C4)cc2)CC1. The Bertz CT molecular complexity index is 1330. The molecule has 1 aromatic carbocycles. The predicted octanol–water partition coefficient (Wildman–Crippen LogP) is 4.87. The molecule has 1 unspecified atom stereocenters. The van der Waals surface area contributed by atoms with Crippen LogP contribution in [0.1, 0.15) is 54.1 Å². The lowest BCUT2D eigenvalue weighted by molar-refractivity contribution is -0.129. The van der Waals surface area contributed by atoms with Gasteiger partial charge in [0.05, 0.1) is 5.69 Å². The quantitative estimate of drug-likeness (QED) is 0.396. The number of aldehydes is 1. The van der Waals surface area contributed by atoms with Gasteiger partial charge in [-0.3, -0.25) is 4.79 Å². The number of carbonyl (C=O) groups excluding carboxylic acids is 2. The molecular weight excluding hydrogens is 457 g/mol. The summed E-state index contributed by atoms with van der Waals surface area (Å²) in [6, 6.07) is 12.6. The van der Waals surface area contributed by atoms with Crippen LogP contribution in [0.4, 0.5) is 15.9 Å². The molecule has 1 fully saturated rings. The summed E-state index contributed by atoms with van der Waals surface area (Å²) in [5.74, 6) is 0.578. The summed E-state index contributed by atoms with van der Waals surface area (Å²) in [6.07, 6.45) is 6.41. The second-order valence-corrected chi connectivity index (χ2v) is 9.27. The number of carbonyl (C=O) groups is 2. The Morgan fingerprint density at radius 3 is 2.56 bits per heavy atom. The molecule has 1 saturated heterocycles. The summed E-state index contributed by atoms with van der Waals surface area (Å²) >= 11 is 0. The molecule has 4 heterocycles. The van der Waals surface area contributed by atoms with Crippen LogP contribution in [0.15, 0.2) is 48.7 Å². The first-order valence-electron chi connectivity index (χ1n) is 12.1. The predicted molar refractivity (Wildman–Crippen MR) is 137 cm³/mol. The summed E-state index contributed by atoms with van der Waals surface area (Å²) in [4.78, 5) is 34.1. The van der Waals surface area contributed by atoms with Crippen molar-refractivity contribution < 1.29 is 14.0 Å². The zero-order chi connectivity index (χ0) is 25.2. The standard InChI is InChI=1S/C28H28FN5O2/c1-17-23(7-8-26(29)31-17)24-15-21-9-12-30-25(16-35)27(21)28(33-24)32-22-5-3-19(4-6-22)20-10-13-34(14-11-20)18(2)36/h3-9,12,15-16,20,25,30H,10-11,13-14H2,1-2H3,(H,32,33). The number of rotatable bonds is 5. The van der Waals surface area contributed by atoms with E-state index < -0.39 is 12.0 Å². The highest BCUT2D eigenvalue weighted by molar-refractivity contribution is 5.80. The van der Waals surface area contributed by atoms with Crippen molar-refractivity contribution in [1.29, 1.82) is 0 Å². The Labute approximate surface area is 209 Å². The third-order valence-corrected chi connectivity index (χ3v) is 6.99. The molecule has 3 aromatic rings. The smallest absolute Gasteiger partial charge is 0.219 e. The molecule has 0 bridgehead atoms. The number of halogens is 1. The normalized spacial score (nSPS) is 17.3. The lowest BCUT2D eigenvalue weighted by atomic mass is 9.89. The van der Waals surface area contributed by atoms with Crippen LogP contribution in [-0.4, -0.2) is 40.2 Å². The number of nitrogens with one attached hydrogen (secondary N) is 2. The van der Waals surface area contributed by atoms with Crippen molar-refractivity contribution >= 4 is 29.8 Å². The minimum atomic E-state index is -0.537. The van der Waals surface area contributed by atoms with Crippen molar-refractivity contribution in [2.45, 2.75) is 38.6 Å². The van der Waals surface area contributed by atoms with Crippen LogP contribution in [-0.2, 0) is 9.59 Å². The maximum absolute atomic E-state index is 13.6. The summed E-state index contributed by atoms with van der Waals surface area (Å²) in [6.45, 7) is 4.94. The number of aryl methyl sites for hydroxylation is 1. The number of nitrogens with zero attached hydrogens (tertiary/aromatic N) is 3. The Balaban J connectivity index is 1.45. The fourth-order valence-corrected chi connectivity index (χ4v) is 5.01. The second kappa shape index (κ2) is 9.89. The van der Waals surface area contributed by atoms with Crippen LogP contribution >= 0.6 is 0 Å². The van der Waals surface area contributed by atoms with E-state index in [9.17, 15) is 14.0 Å². The van der Waals surface area contributed by atoms with Crippen LogP contribution in [0.3, 0.4) is 0 Å². The first-order valence-corrected chi connectivity index (χ1v) is 12.1. The van der Waals surface area contributed by atoms with E-state index in [2.05, 4.69) is 27.8 Å². The second-order valence-electron chi connectivity index (χ2n) is 9.27. The van der Waals surface area contributed by atoms with Crippen molar-refractivity contribution in [3.8, 4) is 11.3 Å². The van der Waals surface area contributed by atoms with Crippen LogP contribution in [0, 0.1) is 12.9 Å². The van der Waals surface area contributed by atoms with Gasteiger partial charge in [-0.15, -0.1) is 0 Å². The zero-order valence-electron chi connectivity index (χ0n) is 20.3. The van der Waals surface area contributed by atoms with E-state index in [1.165, 1.54) is 11.6 Å². The highest BCUT2D eigenvalue weighted by Crippen LogP contribution is 2.35. The molecule has 1 atom stereocenters. The van der Waals surface area contributed by atoms with Gasteiger partial charge in [-0.25, -0.2) is 9.97 Å². The minimum Gasteiger partial charge on any atom is -0.378 e. The maximum Gasteiger partial charge on any atom is 0.219 e. The minimum absolute atomic E-state index is 0.135. The molecule has 2 aromatic heterocycles. The molecule has 5 rings (SSSR count). The van der Waals surface area contributed by atoms with Crippen molar-refractivity contribution in [3.05, 3.63) is 77.0 Å². The summed E-state index contributed by atoms with van der Waals surface area (Å²) in [7, 11) is 0. The van der Waals surface area contributed by atoms with Crippen LogP contribution in [0.2, 0.25) is 0 Å². The van der Waals surface area contributed by atoms with Gasteiger partial charge in [0.15, 0.2) is 0 Å². The van der Waals surface area contributed by atoms with E-state index >= 15 is 0 Å². The number of fused-ring (bicyclic) bond motifs is 1. The number of piperidine rings is 1. The lowest BCUT2D eigenvalue weighted by Gasteiger charge is -2.31. The number of hydrogen-bond donors (Lipinski definition) is 2. The van der Waals surface area contributed by atoms with E-state index in [-0.39, 0.29) is 5.91 Å². The van der Waals surface area contributed by atoms with Gasteiger partial charge in [0.2, 0.25) is 11.9 Å². The zero-order valence-corrected chi connectivity index (χ0v) is 20.3. The average Bonchev–Trinajstić information content (AvgIpc) is 2.88. The summed E-state index contributed by atoms with van der Waals surface area (Å²) in [5.41, 5.74) is 5.62. The van der Waals surface area contributed by atoms with Crippen molar-refractivity contribution in [2.75, 3.05) is 18.4 Å². The fraction of sp³-hybridized carbons (Fsp3) is 0.286. The number of hydrogen-bond acceptors (Lipinski definition) is 6. The Morgan fingerprint density at radius 1 is 1.14 bits per heavy atom. The lowest BCUT2D eigenvalue weighted by Crippen LogP contribution is -2.36. The highest BCUT2D eigenvalue weighted by Gasteiger charge is 2.24. The van der Waals surface area contributed by atoms with Gasteiger partial charge >= 0.3 is 0 Å². The van der Waals surface area contributed by atoms with Crippen LogP contribution in [0.5, 0.6) is 0 Å². The molecule has 184 valence electrons. The number of likely N-dealkylation sites (tertiary alicyclic amines) is 1. The monoisotopic (exact) mass is 485 g/mol. The average molecular weight is 486 g/mol. The van der Waals surface area contributed by atoms with Gasteiger partial charge in [0.25, 0.3) is 0 Å². The van der Waals surface area contributed by atoms with Gasteiger partial charge in [-0.2, -0.15) is 4.39 Å².